The SMILES string of the molecule is O=C(CCCNC(=O)N1CCc2c([nH]c3ccc(Cl)cc23)C1)NCCc1c[nH]c2ccccc12. The van der Waals surface area contributed by atoms with Crippen molar-refractivity contribution in [2.75, 3.05) is 19.6 Å². The zero-order valence-electron chi connectivity index (χ0n) is 18.9. The summed E-state index contributed by atoms with van der Waals surface area (Å²) in [5.41, 5.74) is 5.66. The van der Waals surface area contributed by atoms with Crippen molar-refractivity contribution in [1.82, 2.24) is 25.5 Å². The van der Waals surface area contributed by atoms with Crippen molar-refractivity contribution in [2.24, 2.45) is 0 Å². The molecule has 7 nitrogen and oxygen atoms in total. The molecule has 0 radical (unpaired) electrons. The summed E-state index contributed by atoms with van der Waals surface area (Å²) >= 11 is 6.14. The maximum Gasteiger partial charge on any atom is 0.317 e. The van der Waals surface area contributed by atoms with E-state index in [1.165, 1.54) is 16.5 Å². The maximum absolute atomic E-state index is 12.6. The Morgan fingerprint density at radius 3 is 2.82 bits per heavy atom. The lowest BCUT2D eigenvalue weighted by atomic mass is 10.0. The van der Waals surface area contributed by atoms with Gasteiger partial charge in [0, 0.05) is 64.8 Å². The molecule has 0 spiro atoms. The number of aromatic nitrogens is 2. The Morgan fingerprint density at radius 2 is 1.91 bits per heavy atom. The van der Waals surface area contributed by atoms with Crippen LogP contribution in [-0.4, -0.2) is 46.4 Å². The van der Waals surface area contributed by atoms with Gasteiger partial charge in [-0.1, -0.05) is 29.8 Å². The molecule has 1 aliphatic rings. The van der Waals surface area contributed by atoms with Gasteiger partial charge >= 0.3 is 6.03 Å². The highest BCUT2D eigenvalue weighted by atomic mass is 35.5. The van der Waals surface area contributed by atoms with Gasteiger partial charge in [0.05, 0.1) is 6.54 Å². The number of hydrogen-bond donors (Lipinski definition) is 4. The number of benzene rings is 2. The van der Waals surface area contributed by atoms with Gasteiger partial charge in [0.25, 0.3) is 0 Å². The second-order valence-electron chi connectivity index (χ2n) is 8.74. The lowest BCUT2D eigenvalue weighted by Gasteiger charge is -2.27. The van der Waals surface area contributed by atoms with Gasteiger partial charge in [0.15, 0.2) is 0 Å². The van der Waals surface area contributed by atoms with Crippen LogP contribution in [0.15, 0.2) is 48.7 Å². The van der Waals surface area contributed by atoms with Gasteiger partial charge in [-0.25, -0.2) is 4.79 Å². The van der Waals surface area contributed by atoms with Crippen LogP contribution in [0.3, 0.4) is 0 Å². The molecule has 8 heteroatoms. The molecular weight excluding hydrogens is 450 g/mol. The molecule has 1 aliphatic heterocycles. The molecule has 4 aromatic rings. The lowest BCUT2D eigenvalue weighted by Crippen LogP contribution is -2.43. The number of nitrogens with one attached hydrogen (secondary N) is 4. The van der Waals surface area contributed by atoms with Gasteiger partial charge in [-0.3, -0.25) is 4.79 Å². The van der Waals surface area contributed by atoms with E-state index >= 15 is 0 Å². The zero-order chi connectivity index (χ0) is 23.5. The minimum atomic E-state index is -0.0953. The number of carbonyl (C=O) groups excluding carboxylic acids is 2. The number of H-pyrrole nitrogens is 2. The Hall–Kier alpha value is -3.45. The number of aromatic amines is 2. The van der Waals surface area contributed by atoms with Crippen molar-refractivity contribution in [3.8, 4) is 0 Å². The average Bonchev–Trinajstić information content (AvgIpc) is 3.42. The third kappa shape index (κ3) is 4.75. The number of carbonyl (C=O) groups is 2. The van der Waals surface area contributed by atoms with Crippen LogP contribution in [0.2, 0.25) is 5.02 Å². The predicted molar refractivity (Wildman–Crippen MR) is 135 cm³/mol. The minimum Gasteiger partial charge on any atom is -0.361 e. The number of para-hydroxylation sites is 1. The maximum atomic E-state index is 12.6. The Bertz CT molecular complexity index is 1340. The van der Waals surface area contributed by atoms with Crippen molar-refractivity contribution in [1.29, 1.82) is 0 Å². The van der Waals surface area contributed by atoms with Crippen LogP contribution in [0.25, 0.3) is 21.8 Å². The second-order valence-corrected chi connectivity index (χ2v) is 9.17. The van der Waals surface area contributed by atoms with E-state index in [1.54, 1.807) is 4.90 Å². The summed E-state index contributed by atoms with van der Waals surface area (Å²) in [5, 5.41) is 8.97. The summed E-state index contributed by atoms with van der Waals surface area (Å²) in [7, 11) is 0. The van der Waals surface area contributed by atoms with Crippen molar-refractivity contribution in [3.05, 3.63) is 70.5 Å². The molecule has 2 aromatic heterocycles. The second kappa shape index (κ2) is 9.81. The first-order chi connectivity index (χ1) is 16.6. The molecule has 5 rings (SSSR count). The highest BCUT2D eigenvalue weighted by Crippen LogP contribution is 2.29. The van der Waals surface area contributed by atoms with Crippen LogP contribution in [-0.2, 0) is 24.2 Å². The van der Waals surface area contributed by atoms with Crippen LogP contribution in [0.1, 0.15) is 29.7 Å². The largest absolute Gasteiger partial charge is 0.361 e. The van der Waals surface area contributed by atoms with E-state index in [-0.39, 0.29) is 11.9 Å². The first-order valence-electron chi connectivity index (χ1n) is 11.7. The van der Waals surface area contributed by atoms with Gasteiger partial charge in [-0.05, 0) is 54.7 Å². The smallest absolute Gasteiger partial charge is 0.317 e. The molecule has 3 amide bonds. The highest BCUT2D eigenvalue weighted by molar-refractivity contribution is 6.31. The van der Waals surface area contributed by atoms with E-state index in [0.717, 1.165) is 40.0 Å². The Morgan fingerprint density at radius 1 is 1.03 bits per heavy atom. The Balaban J connectivity index is 1.02. The van der Waals surface area contributed by atoms with E-state index in [4.69, 9.17) is 11.6 Å². The van der Waals surface area contributed by atoms with Gasteiger partial charge in [-0.15, -0.1) is 0 Å². The third-order valence-electron chi connectivity index (χ3n) is 6.47. The number of nitrogens with zero attached hydrogens (tertiary/aromatic N) is 1. The van der Waals surface area contributed by atoms with E-state index < -0.39 is 0 Å². The fourth-order valence-electron chi connectivity index (χ4n) is 4.71. The van der Waals surface area contributed by atoms with Crippen LogP contribution in [0.4, 0.5) is 4.79 Å². The number of halogens is 1. The molecule has 3 heterocycles. The van der Waals surface area contributed by atoms with Gasteiger partial charge in [0.1, 0.15) is 0 Å². The van der Waals surface area contributed by atoms with Gasteiger partial charge < -0.3 is 25.5 Å². The van der Waals surface area contributed by atoms with Crippen molar-refractivity contribution in [2.45, 2.75) is 32.2 Å². The van der Waals surface area contributed by atoms with E-state index in [9.17, 15) is 9.59 Å². The molecule has 2 aromatic carbocycles. The van der Waals surface area contributed by atoms with Crippen molar-refractivity contribution >= 4 is 45.3 Å². The molecule has 0 bridgehead atoms. The zero-order valence-corrected chi connectivity index (χ0v) is 19.7. The topological polar surface area (TPSA) is 93.0 Å². The first kappa shape index (κ1) is 22.3. The van der Waals surface area contributed by atoms with Crippen molar-refractivity contribution < 1.29 is 9.59 Å². The van der Waals surface area contributed by atoms with Crippen LogP contribution >= 0.6 is 11.6 Å². The van der Waals surface area contributed by atoms with Crippen LogP contribution in [0.5, 0.6) is 0 Å². The monoisotopic (exact) mass is 477 g/mol. The summed E-state index contributed by atoms with van der Waals surface area (Å²) in [6, 6.07) is 13.9. The van der Waals surface area contributed by atoms with Crippen LogP contribution < -0.4 is 10.6 Å². The molecule has 0 unspecified atom stereocenters. The quantitative estimate of drug-likeness (QED) is 0.295. The summed E-state index contributed by atoms with van der Waals surface area (Å²) in [6.45, 7) is 2.27. The number of hydrogen-bond acceptors (Lipinski definition) is 2. The highest BCUT2D eigenvalue weighted by Gasteiger charge is 2.23. The molecule has 0 aliphatic carbocycles. The number of fused-ring (bicyclic) bond motifs is 4. The lowest BCUT2D eigenvalue weighted by molar-refractivity contribution is -0.121. The van der Waals surface area contributed by atoms with E-state index in [0.29, 0.717) is 39.0 Å². The van der Waals surface area contributed by atoms with E-state index in [2.05, 4.69) is 26.7 Å². The summed E-state index contributed by atoms with van der Waals surface area (Å²) in [4.78, 5) is 33.3. The fourth-order valence-corrected chi connectivity index (χ4v) is 4.88. The number of rotatable bonds is 7. The standard InChI is InChI=1S/C26H28ClN5O2/c27-18-7-8-23-21(14-18)20-10-13-32(16-24(20)31-23)26(34)29-11-3-6-25(33)28-12-9-17-15-30-22-5-2-1-4-19(17)22/h1-2,4-5,7-8,14-15,30-31H,3,6,9-13,16H2,(H,28,33)(H,29,34). The molecule has 176 valence electrons. The Labute approximate surface area is 202 Å². The third-order valence-corrected chi connectivity index (χ3v) is 6.71. The molecule has 0 atom stereocenters. The minimum absolute atomic E-state index is 0.00782. The molecule has 0 saturated heterocycles. The van der Waals surface area contributed by atoms with Gasteiger partial charge in [-0.2, -0.15) is 0 Å². The molecule has 34 heavy (non-hydrogen) atoms. The normalized spacial score (nSPS) is 13.3. The van der Waals surface area contributed by atoms with Crippen LogP contribution in [0, 0.1) is 0 Å². The predicted octanol–water partition coefficient (Wildman–Crippen LogP) is 4.51. The number of amides is 3. The molecular formula is C26H28ClN5O2. The Kier molecular flexibility index (Phi) is 6.45. The first-order valence-corrected chi connectivity index (χ1v) is 12.1. The fraction of sp³-hybridized carbons (Fsp3) is 0.308. The summed E-state index contributed by atoms with van der Waals surface area (Å²) in [6.07, 6.45) is 4.57. The number of urea groups is 1. The molecule has 4 N–H and O–H groups in total. The van der Waals surface area contributed by atoms with Crippen molar-refractivity contribution in [3.63, 3.8) is 0 Å². The van der Waals surface area contributed by atoms with Gasteiger partial charge in [0.2, 0.25) is 5.91 Å². The molecule has 0 fully saturated rings. The summed E-state index contributed by atoms with van der Waals surface area (Å²) < 4.78 is 0. The molecule has 0 saturated carbocycles. The summed E-state index contributed by atoms with van der Waals surface area (Å²) in [5.74, 6) is 0.00782. The van der Waals surface area contributed by atoms with E-state index in [1.807, 2.05) is 42.6 Å². The average molecular weight is 478 g/mol.